The van der Waals surface area contributed by atoms with Crippen LogP contribution in [-0.4, -0.2) is 29.3 Å². The molecule has 0 heterocycles. The number of nitrogens with zero attached hydrogens (tertiary/aromatic N) is 3. The normalized spacial score (nSPS) is 9.50. The van der Waals surface area contributed by atoms with E-state index >= 15 is 0 Å². The lowest BCUT2D eigenvalue weighted by atomic mass is 10.2. The molecule has 0 aliphatic carbocycles. The van der Waals surface area contributed by atoms with Crippen LogP contribution in [0.4, 0.5) is 0 Å². The molecular weight excluding hydrogens is 401 g/mol. The number of benzene rings is 1. The molecule has 0 fully saturated rings. The van der Waals surface area contributed by atoms with Gasteiger partial charge in [-0.25, -0.2) is 0 Å². The lowest BCUT2D eigenvalue weighted by Gasteiger charge is -2.08. The third-order valence-corrected chi connectivity index (χ3v) is 3.33. The molecule has 0 spiro atoms. The summed E-state index contributed by atoms with van der Waals surface area (Å²) in [7, 11) is 0. The summed E-state index contributed by atoms with van der Waals surface area (Å²) in [6.45, 7) is 1.07. The molecule has 2 N–H and O–H groups in total. The third kappa shape index (κ3) is 6.64. The van der Waals surface area contributed by atoms with Crippen LogP contribution in [0, 0.1) is 0 Å². The lowest BCUT2D eigenvalue weighted by molar-refractivity contribution is -0.118. The van der Waals surface area contributed by atoms with Crippen LogP contribution in [0.2, 0.25) is 0 Å². The van der Waals surface area contributed by atoms with Crippen molar-refractivity contribution in [2.45, 2.75) is 12.8 Å². The largest absolute Gasteiger partial charge is 0.393 e. The minimum absolute atomic E-state index is 0.00811. The quantitative estimate of drug-likeness (QED) is 0.122. The molecule has 1 aromatic rings. The highest BCUT2D eigenvalue weighted by molar-refractivity contribution is 14.1. The van der Waals surface area contributed by atoms with E-state index in [0.29, 0.717) is 23.1 Å². The third-order valence-electron chi connectivity index (χ3n) is 2.64. The highest BCUT2D eigenvalue weighted by Gasteiger charge is 2.11. The van der Waals surface area contributed by atoms with Gasteiger partial charge < -0.3 is 15.5 Å². The summed E-state index contributed by atoms with van der Waals surface area (Å²) in [4.78, 5) is 30.3. The van der Waals surface area contributed by atoms with Gasteiger partial charge in [0.1, 0.15) is 11.0 Å². The van der Waals surface area contributed by atoms with Gasteiger partial charge in [0.2, 0.25) is 5.91 Å². The van der Waals surface area contributed by atoms with Crippen molar-refractivity contribution >= 4 is 34.4 Å². The van der Waals surface area contributed by atoms with Crippen molar-refractivity contribution < 1.29 is 14.4 Å². The van der Waals surface area contributed by atoms with Crippen molar-refractivity contribution in [1.82, 2.24) is 10.6 Å². The first-order valence-electron chi connectivity index (χ1n) is 6.60. The Morgan fingerprint density at radius 2 is 1.91 bits per heavy atom. The minimum atomic E-state index is -0.306. The molecule has 2 amide bonds. The van der Waals surface area contributed by atoms with E-state index in [1.807, 2.05) is 22.6 Å². The van der Waals surface area contributed by atoms with Crippen LogP contribution < -0.4 is 15.5 Å². The Bertz CT molecular complexity index is 560. The number of nitrogens with one attached hydrogen (secondary N) is 2. The predicted octanol–water partition coefficient (Wildman–Crippen LogP) is 2.35. The van der Waals surface area contributed by atoms with E-state index in [9.17, 15) is 9.59 Å². The molecule has 0 saturated heterocycles. The average molecular weight is 417 g/mol. The number of unbranched alkanes of at least 4 members (excludes halogenated alkanes) is 1. The van der Waals surface area contributed by atoms with Gasteiger partial charge in [0.05, 0.1) is 9.99 Å². The summed E-state index contributed by atoms with van der Waals surface area (Å²) in [6.07, 6.45) is 1.52. The fourth-order valence-electron chi connectivity index (χ4n) is 1.62. The van der Waals surface area contributed by atoms with Gasteiger partial charge in [-0.3, -0.25) is 9.59 Å². The van der Waals surface area contributed by atoms with E-state index in [2.05, 4.69) is 20.8 Å². The number of para-hydroxylation sites is 1. The first kappa shape index (κ1) is 18.1. The number of halogens is 1. The van der Waals surface area contributed by atoms with Crippen LogP contribution in [-0.2, 0) is 4.79 Å². The standard InChI is InChI=1S/C13H16IN5O3/c14-9-12(20)16-7-3-4-8-17-13(21)10-5-1-2-6-11(10)22-19-18-15/h1-2,5-6H,3-4,7-9H2,(H,16,20)(H,17,21). The van der Waals surface area contributed by atoms with Crippen molar-refractivity contribution in [1.29, 1.82) is 0 Å². The molecule has 9 heteroatoms. The topological polar surface area (TPSA) is 116 Å². The maximum Gasteiger partial charge on any atom is 0.255 e. The summed E-state index contributed by atoms with van der Waals surface area (Å²) in [5, 5.41) is 8.50. The summed E-state index contributed by atoms with van der Waals surface area (Å²) >= 11 is 2.00. The lowest BCUT2D eigenvalue weighted by Crippen LogP contribution is -2.27. The minimum Gasteiger partial charge on any atom is -0.393 e. The zero-order valence-electron chi connectivity index (χ0n) is 11.8. The first-order chi connectivity index (χ1) is 10.7. The highest BCUT2D eigenvalue weighted by Crippen LogP contribution is 2.18. The van der Waals surface area contributed by atoms with Crippen molar-refractivity contribution in [3.05, 3.63) is 40.3 Å². The molecule has 0 aliphatic rings. The maximum atomic E-state index is 12.0. The SMILES string of the molecule is [N-]=[N+]=NOc1ccccc1C(=O)NCCCCNC(=O)CI. The Morgan fingerprint density at radius 1 is 1.23 bits per heavy atom. The van der Waals surface area contributed by atoms with Crippen LogP contribution in [0.3, 0.4) is 0 Å². The molecule has 0 aliphatic heterocycles. The second-order valence-electron chi connectivity index (χ2n) is 4.21. The molecule has 118 valence electrons. The molecular formula is C13H16IN5O3. The molecule has 0 bridgehead atoms. The number of rotatable bonds is 9. The molecule has 0 aromatic heterocycles. The summed E-state index contributed by atoms with van der Waals surface area (Å²) in [5.74, 6) is -0.0964. The second-order valence-corrected chi connectivity index (χ2v) is 4.97. The number of azide groups is 1. The van der Waals surface area contributed by atoms with Gasteiger partial charge in [0.15, 0.2) is 0 Å². The molecule has 0 atom stereocenters. The van der Waals surface area contributed by atoms with E-state index in [0.717, 1.165) is 12.8 Å². The Morgan fingerprint density at radius 3 is 2.59 bits per heavy atom. The van der Waals surface area contributed by atoms with E-state index in [1.165, 1.54) is 0 Å². The molecule has 22 heavy (non-hydrogen) atoms. The molecule has 1 aromatic carbocycles. The number of hydrogen-bond acceptors (Lipinski definition) is 4. The Kier molecular flexibility index (Phi) is 8.77. The van der Waals surface area contributed by atoms with Gasteiger partial charge in [0.25, 0.3) is 5.91 Å². The summed E-state index contributed by atoms with van der Waals surface area (Å²) in [6, 6.07) is 6.49. The number of hydrogen-bond donors (Lipinski definition) is 2. The maximum absolute atomic E-state index is 12.0. The average Bonchev–Trinajstić information content (AvgIpc) is 2.55. The molecule has 8 nitrogen and oxygen atoms in total. The fraction of sp³-hybridized carbons (Fsp3) is 0.385. The van der Waals surface area contributed by atoms with E-state index in [1.54, 1.807) is 24.3 Å². The zero-order chi connectivity index (χ0) is 16.2. The Labute approximate surface area is 141 Å². The van der Waals surface area contributed by atoms with Gasteiger partial charge in [-0.2, -0.15) is 0 Å². The zero-order valence-corrected chi connectivity index (χ0v) is 13.9. The van der Waals surface area contributed by atoms with Gasteiger partial charge in [-0.05, 0) is 30.5 Å². The smallest absolute Gasteiger partial charge is 0.255 e. The summed E-state index contributed by atoms with van der Waals surface area (Å²) in [5.41, 5.74) is 8.54. The monoisotopic (exact) mass is 417 g/mol. The Hall–Kier alpha value is -2.00. The van der Waals surface area contributed by atoms with Crippen molar-refractivity contribution in [2.75, 3.05) is 17.5 Å². The second kappa shape index (κ2) is 10.7. The highest BCUT2D eigenvalue weighted by atomic mass is 127. The van der Waals surface area contributed by atoms with Crippen LogP contribution in [0.1, 0.15) is 23.2 Å². The molecule has 0 unspecified atom stereocenters. The molecule has 0 saturated carbocycles. The predicted molar refractivity (Wildman–Crippen MR) is 89.7 cm³/mol. The van der Waals surface area contributed by atoms with Gasteiger partial charge in [-0.15, -0.1) is 0 Å². The molecule has 1 rings (SSSR count). The van der Waals surface area contributed by atoms with Crippen molar-refractivity contribution in [3.63, 3.8) is 0 Å². The van der Waals surface area contributed by atoms with Gasteiger partial charge in [0, 0.05) is 18.0 Å². The van der Waals surface area contributed by atoms with Crippen molar-refractivity contribution in [3.8, 4) is 5.75 Å². The summed E-state index contributed by atoms with van der Waals surface area (Å²) < 4.78 is 0.441. The van der Waals surface area contributed by atoms with Gasteiger partial charge >= 0.3 is 0 Å². The van der Waals surface area contributed by atoms with Crippen LogP contribution in [0.5, 0.6) is 5.75 Å². The van der Waals surface area contributed by atoms with E-state index in [-0.39, 0.29) is 17.6 Å². The number of alkyl halides is 1. The van der Waals surface area contributed by atoms with Crippen LogP contribution in [0.15, 0.2) is 29.5 Å². The van der Waals surface area contributed by atoms with Gasteiger partial charge in [-0.1, -0.05) is 34.7 Å². The number of amides is 2. The first-order valence-corrected chi connectivity index (χ1v) is 8.13. The van der Waals surface area contributed by atoms with E-state index in [4.69, 9.17) is 10.4 Å². The number of carbonyl (C=O) groups excluding carboxylic acids is 2. The van der Waals surface area contributed by atoms with Crippen LogP contribution in [0.25, 0.3) is 10.4 Å². The Balaban J connectivity index is 2.36. The number of carbonyl (C=O) groups is 2. The van der Waals surface area contributed by atoms with Crippen molar-refractivity contribution in [2.24, 2.45) is 5.28 Å². The fourth-order valence-corrected chi connectivity index (χ4v) is 1.89. The molecule has 0 radical (unpaired) electrons. The van der Waals surface area contributed by atoms with E-state index < -0.39 is 0 Å². The van der Waals surface area contributed by atoms with Crippen LogP contribution >= 0.6 is 22.6 Å².